The molecule has 0 spiro atoms. The minimum atomic E-state index is -0.471. The number of benzene rings is 1. The molecule has 8 heteroatoms. The predicted molar refractivity (Wildman–Crippen MR) is 74.1 cm³/mol. The van der Waals surface area contributed by atoms with Gasteiger partial charge in [-0.2, -0.15) is 4.98 Å². The van der Waals surface area contributed by atoms with Crippen LogP contribution in [0.15, 0.2) is 40.2 Å². The van der Waals surface area contributed by atoms with Gasteiger partial charge in [0.2, 0.25) is 5.82 Å². The average molecular weight is 288 g/mol. The fourth-order valence-electron chi connectivity index (χ4n) is 1.71. The number of hydrogen-bond acceptors (Lipinski definition) is 7. The van der Waals surface area contributed by atoms with Crippen LogP contribution in [0.25, 0.3) is 22.8 Å². The number of nitrogens with two attached hydrogens (primary N) is 1. The van der Waals surface area contributed by atoms with Crippen molar-refractivity contribution in [3.63, 3.8) is 0 Å². The normalized spacial score (nSPS) is 10.6. The molecule has 2 aromatic heterocycles. The first-order chi connectivity index (χ1) is 9.65. The standard InChI is InChI=1S/C12H8N4O3S/c13-10-9(4-5-20-10)12-14-11(15-19-12)7-2-1-3-8(6-7)16(17)18/h1-6H,13H2. The molecule has 2 N–H and O–H groups in total. The monoisotopic (exact) mass is 288 g/mol. The molecular formula is C12H8N4O3S. The fourth-order valence-corrected chi connectivity index (χ4v) is 2.34. The Bertz CT molecular complexity index is 780. The zero-order valence-corrected chi connectivity index (χ0v) is 10.8. The molecule has 100 valence electrons. The minimum absolute atomic E-state index is 0.0242. The van der Waals surface area contributed by atoms with E-state index in [1.165, 1.54) is 23.5 Å². The Hall–Kier alpha value is -2.74. The smallest absolute Gasteiger partial charge is 0.270 e. The van der Waals surface area contributed by atoms with Crippen molar-refractivity contribution >= 4 is 22.0 Å². The number of thiophene rings is 1. The van der Waals surface area contributed by atoms with Gasteiger partial charge in [-0.15, -0.1) is 11.3 Å². The Morgan fingerprint density at radius 1 is 1.35 bits per heavy atom. The zero-order valence-electron chi connectivity index (χ0n) is 10.0. The van der Waals surface area contributed by atoms with Crippen LogP contribution in [0.3, 0.4) is 0 Å². The SMILES string of the molecule is Nc1sccc1-c1nc(-c2cccc([N+](=O)[O-])c2)no1. The first-order valence-corrected chi connectivity index (χ1v) is 6.45. The summed E-state index contributed by atoms with van der Waals surface area (Å²) in [6.45, 7) is 0. The molecule has 0 aliphatic heterocycles. The highest BCUT2D eigenvalue weighted by atomic mass is 32.1. The first-order valence-electron chi connectivity index (χ1n) is 5.57. The number of rotatable bonds is 3. The molecule has 2 heterocycles. The number of anilines is 1. The second-order valence-corrected chi connectivity index (χ2v) is 4.88. The summed E-state index contributed by atoms with van der Waals surface area (Å²) in [5, 5.41) is 17.0. The Morgan fingerprint density at radius 3 is 2.90 bits per heavy atom. The van der Waals surface area contributed by atoms with Crippen molar-refractivity contribution in [1.82, 2.24) is 10.1 Å². The number of aromatic nitrogens is 2. The summed E-state index contributed by atoms with van der Waals surface area (Å²) in [5.41, 5.74) is 6.94. The lowest BCUT2D eigenvalue weighted by molar-refractivity contribution is -0.384. The molecule has 0 aliphatic carbocycles. The van der Waals surface area contributed by atoms with Gasteiger partial charge in [0, 0.05) is 17.7 Å². The van der Waals surface area contributed by atoms with E-state index in [1.54, 1.807) is 18.2 Å². The van der Waals surface area contributed by atoms with Gasteiger partial charge in [0.1, 0.15) is 0 Å². The molecule has 0 bridgehead atoms. The summed E-state index contributed by atoms with van der Waals surface area (Å²) in [4.78, 5) is 14.5. The highest BCUT2D eigenvalue weighted by Crippen LogP contribution is 2.31. The Morgan fingerprint density at radius 2 is 2.20 bits per heavy atom. The Labute approximate surface area is 116 Å². The van der Waals surface area contributed by atoms with Gasteiger partial charge in [0.25, 0.3) is 11.6 Å². The number of non-ortho nitro benzene ring substituents is 1. The summed E-state index contributed by atoms with van der Waals surface area (Å²) in [7, 11) is 0. The van der Waals surface area contributed by atoms with Crippen LogP contribution in [0.2, 0.25) is 0 Å². The van der Waals surface area contributed by atoms with Crippen LogP contribution in [0.1, 0.15) is 0 Å². The van der Waals surface area contributed by atoms with E-state index in [9.17, 15) is 10.1 Å². The second kappa shape index (κ2) is 4.74. The summed E-state index contributed by atoms with van der Waals surface area (Å²) < 4.78 is 5.14. The third-order valence-electron chi connectivity index (χ3n) is 2.67. The number of nitrogen functional groups attached to an aromatic ring is 1. The maximum absolute atomic E-state index is 10.7. The summed E-state index contributed by atoms with van der Waals surface area (Å²) >= 11 is 1.37. The van der Waals surface area contributed by atoms with Gasteiger partial charge in [-0.25, -0.2) is 0 Å². The molecule has 0 saturated heterocycles. The van der Waals surface area contributed by atoms with Crippen LogP contribution in [-0.2, 0) is 0 Å². The highest BCUT2D eigenvalue weighted by Gasteiger charge is 2.15. The molecule has 20 heavy (non-hydrogen) atoms. The zero-order chi connectivity index (χ0) is 14.1. The van der Waals surface area contributed by atoms with Crippen molar-refractivity contribution in [3.8, 4) is 22.8 Å². The third-order valence-corrected chi connectivity index (χ3v) is 3.41. The quantitative estimate of drug-likeness (QED) is 0.586. The van der Waals surface area contributed by atoms with E-state index in [-0.39, 0.29) is 11.5 Å². The van der Waals surface area contributed by atoms with Crippen LogP contribution < -0.4 is 5.73 Å². The van der Waals surface area contributed by atoms with Crippen LogP contribution in [0, 0.1) is 10.1 Å². The molecule has 0 unspecified atom stereocenters. The maximum Gasteiger partial charge on any atom is 0.270 e. The molecule has 3 aromatic rings. The van der Waals surface area contributed by atoms with Crippen molar-refractivity contribution < 1.29 is 9.45 Å². The number of nitro benzene ring substituents is 1. The Balaban J connectivity index is 2.00. The number of nitrogens with zero attached hydrogens (tertiary/aromatic N) is 3. The first kappa shape index (κ1) is 12.3. The summed E-state index contributed by atoms with van der Waals surface area (Å²) in [6.07, 6.45) is 0. The lowest BCUT2D eigenvalue weighted by atomic mass is 10.2. The molecular weight excluding hydrogens is 280 g/mol. The van der Waals surface area contributed by atoms with Gasteiger partial charge in [0.05, 0.1) is 15.5 Å². The Kier molecular flexibility index (Phi) is 2.92. The largest absolute Gasteiger partial charge is 0.390 e. The fraction of sp³-hybridized carbons (Fsp3) is 0. The molecule has 0 amide bonds. The second-order valence-electron chi connectivity index (χ2n) is 3.93. The van der Waals surface area contributed by atoms with E-state index >= 15 is 0 Å². The van der Waals surface area contributed by atoms with Crippen LogP contribution >= 0.6 is 11.3 Å². The van der Waals surface area contributed by atoms with Gasteiger partial charge in [-0.3, -0.25) is 10.1 Å². The van der Waals surface area contributed by atoms with Gasteiger partial charge >= 0.3 is 0 Å². The van der Waals surface area contributed by atoms with Crippen molar-refractivity contribution in [2.45, 2.75) is 0 Å². The van der Waals surface area contributed by atoms with E-state index in [1.807, 2.05) is 5.38 Å². The maximum atomic E-state index is 10.7. The van der Waals surface area contributed by atoms with Crippen molar-refractivity contribution in [3.05, 3.63) is 45.8 Å². The molecule has 1 aromatic carbocycles. The van der Waals surface area contributed by atoms with Crippen molar-refractivity contribution in [2.75, 3.05) is 5.73 Å². The number of hydrogen-bond donors (Lipinski definition) is 1. The highest BCUT2D eigenvalue weighted by molar-refractivity contribution is 7.14. The predicted octanol–water partition coefficient (Wildman–Crippen LogP) is 2.96. The topological polar surface area (TPSA) is 108 Å². The third kappa shape index (κ3) is 2.12. The molecule has 0 atom stereocenters. The van der Waals surface area contributed by atoms with Gasteiger partial charge in [-0.1, -0.05) is 17.3 Å². The molecule has 3 rings (SSSR count). The molecule has 0 fully saturated rings. The summed E-state index contributed by atoms with van der Waals surface area (Å²) in [6, 6.07) is 7.83. The lowest BCUT2D eigenvalue weighted by Crippen LogP contribution is -1.89. The minimum Gasteiger partial charge on any atom is -0.390 e. The average Bonchev–Trinajstić information content (AvgIpc) is 3.07. The van der Waals surface area contributed by atoms with Crippen LogP contribution in [0.4, 0.5) is 10.7 Å². The molecule has 0 radical (unpaired) electrons. The molecule has 0 aliphatic rings. The van der Waals surface area contributed by atoms with Crippen LogP contribution in [0.5, 0.6) is 0 Å². The van der Waals surface area contributed by atoms with E-state index in [4.69, 9.17) is 10.3 Å². The van der Waals surface area contributed by atoms with E-state index in [0.29, 0.717) is 22.0 Å². The van der Waals surface area contributed by atoms with Crippen molar-refractivity contribution in [1.29, 1.82) is 0 Å². The lowest BCUT2D eigenvalue weighted by Gasteiger charge is -1.94. The molecule has 7 nitrogen and oxygen atoms in total. The van der Waals surface area contributed by atoms with Crippen molar-refractivity contribution in [2.24, 2.45) is 0 Å². The summed E-state index contributed by atoms with van der Waals surface area (Å²) in [5.74, 6) is 0.583. The van der Waals surface area contributed by atoms with E-state index < -0.39 is 4.92 Å². The van der Waals surface area contributed by atoms with Gasteiger partial charge in [0.15, 0.2) is 0 Å². The van der Waals surface area contributed by atoms with E-state index in [2.05, 4.69) is 10.1 Å². The van der Waals surface area contributed by atoms with Gasteiger partial charge < -0.3 is 10.3 Å². The number of nitro groups is 1. The van der Waals surface area contributed by atoms with Gasteiger partial charge in [-0.05, 0) is 11.4 Å². The molecule has 0 saturated carbocycles. The van der Waals surface area contributed by atoms with E-state index in [0.717, 1.165) is 0 Å². The van der Waals surface area contributed by atoms with Crippen LogP contribution in [-0.4, -0.2) is 15.1 Å².